The van der Waals surface area contributed by atoms with Gasteiger partial charge in [-0.15, -0.1) is 0 Å². The summed E-state index contributed by atoms with van der Waals surface area (Å²) in [6, 6.07) is 9.27. The molecule has 2 aromatic rings. The minimum Gasteiger partial charge on any atom is -0.361 e. The topological polar surface area (TPSA) is 27.8 Å². The highest BCUT2D eigenvalue weighted by atomic mass is 14.9. The van der Waals surface area contributed by atoms with Gasteiger partial charge in [0.2, 0.25) is 0 Å². The number of nitrogens with one attached hydrogen (secondary N) is 2. The van der Waals surface area contributed by atoms with Gasteiger partial charge in [-0.25, -0.2) is 0 Å². The molecule has 0 aliphatic carbocycles. The van der Waals surface area contributed by atoms with E-state index in [2.05, 4.69) is 47.6 Å². The monoisotopic (exact) mass is 240 g/mol. The van der Waals surface area contributed by atoms with E-state index < -0.39 is 0 Å². The lowest BCUT2D eigenvalue weighted by molar-refractivity contribution is 0.542. The zero-order valence-electron chi connectivity index (χ0n) is 10.9. The van der Waals surface area contributed by atoms with Crippen LogP contribution in [0.4, 0.5) is 0 Å². The molecule has 2 heterocycles. The molecule has 1 aromatic heterocycles. The predicted molar refractivity (Wildman–Crippen MR) is 77.6 cm³/mol. The molecular formula is C16H20N2. The van der Waals surface area contributed by atoms with E-state index in [4.69, 9.17) is 0 Å². The number of aromatic amines is 1. The molecule has 0 saturated heterocycles. The Labute approximate surface area is 108 Å². The maximum Gasteiger partial charge on any atom is 0.0460 e. The first-order valence-corrected chi connectivity index (χ1v) is 6.89. The Morgan fingerprint density at radius 1 is 1.28 bits per heavy atom. The highest BCUT2D eigenvalue weighted by Gasteiger charge is 2.14. The second-order valence-corrected chi connectivity index (χ2v) is 5.04. The van der Waals surface area contributed by atoms with Crippen LogP contribution in [0.5, 0.6) is 0 Å². The van der Waals surface area contributed by atoms with E-state index in [1.165, 1.54) is 34.9 Å². The van der Waals surface area contributed by atoms with Crippen LogP contribution in [0, 0.1) is 0 Å². The average Bonchev–Trinajstić information content (AvgIpc) is 2.87. The predicted octanol–water partition coefficient (Wildman–Crippen LogP) is 3.71. The Kier molecular flexibility index (Phi) is 3.20. The van der Waals surface area contributed by atoms with E-state index in [0.717, 1.165) is 13.0 Å². The first kappa shape index (κ1) is 11.5. The van der Waals surface area contributed by atoms with Gasteiger partial charge in [0, 0.05) is 23.1 Å². The third-order valence-electron chi connectivity index (χ3n) is 3.74. The van der Waals surface area contributed by atoms with Crippen molar-refractivity contribution in [2.75, 3.05) is 6.54 Å². The summed E-state index contributed by atoms with van der Waals surface area (Å²) in [6.45, 7) is 3.34. The van der Waals surface area contributed by atoms with E-state index in [1.54, 1.807) is 0 Å². The van der Waals surface area contributed by atoms with Crippen molar-refractivity contribution in [3.8, 4) is 0 Å². The lowest BCUT2D eigenvalue weighted by Crippen LogP contribution is -2.31. The summed E-state index contributed by atoms with van der Waals surface area (Å²) in [4.78, 5) is 3.29. The van der Waals surface area contributed by atoms with Crippen LogP contribution in [0.1, 0.15) is 31.7 Å². The van der Waals surface area contributed by atoms with Crippen molar-refractivity contribution in [1.29, 1.82) is 0 Å². The van der Waals surface area contributed by atoms with Gasteiger partial charge in [0.15, 0.2) is 0 Å². The SMILES string of the molecule is CCCC1C=C(c2cccc3[nH]ccc23)CCN1. The van der Waals surface area contributed by atoms with Crippen LogP contribution < -0.4 is 5.32 Å². The minimum absolute atomic E-state index is 0.549. The zero-order valence-corrected chi connectivity index (χ0v) is 10.9. The Hall–Kier alpha value is -1.54. The van der Waals surface area contributed by atoms with E-state index in [1.807, 2.05) is 6.20 Å². The van der Waals surface area contributed by atoms with Crippen molar-refractivity contribution in [1.82, 2.24) is 10.3 Å². The van der Waals surface area contributed by atoms with Gasteiger partial charge in [-0.2, -0.15) is 0 Å². The quantitative estimate of drug-likeness (QED) is 0.841. The largest absolute Gasteiger partial charge is 0.361 e. The molecular weight excluding hydrogens is 220 g/mol. The summed E-state index contributed by atoms with van der Waals surface area (Å²) in [5.74, 6) is 0. The number of hydrogen-bond donors (Lipinski definition) is 2. The smallest absolute Gasteiger partial charge is 0.0460 e. The lowest BCUT2D eigenvalue weighted by Gasteiger charge is -2.23. The van der Waals surface area contributed by atoms with E-state index in [0.29, 0.717) is 6.04 Å². The summed E-state index contributed by atoms with van der Waals surface area (Å²) in [7, 11) is 0. The van der Waals surface area contributed by atoms with Gasteiger partial charge in [0.25, 0.3) is 0 Å². The van der Waals surface area contributed by atoms with Crippen LogP contribution in [-0.4, -0.2) is 17.6 Å². The summed E-state index contributed by atoms with van der Waals surface area (Å²) in [6.07, 6.45) is 8.04. The van der Waals surface area contributed by atoms with Crippen molar-refractivity contribution >= 4 is 16.5 Å². The normalized spacial score (nSPS) is 20.1. The Morgan fingerprint density at radius 3 is 3.11 bits per heavy atom. The third-order valence-corrected chi connectivity index (χ3v) is 3.74. The molecule has 1 aliphatic rings. The maximum atomic E-state index is 3.58. The van der Waals surface area contributed by atoms with Crippen LogP contribution in [0.3, 0.4) is 0 Å². The second kappa shape index (κ2) is 4.99. The van der Waals surface area contributed by atoms with Crippen molar-refractivity contribution in [2.24, 2.45) is 0 Å². The first-order chi connectivity index (χ1) is 8.88. The molecule has 2 heteroatoms. The molecule has 18 heavy (non-hydrogen) atoms. The highest BCUT2D eigenvalue weighted by molar-refractivity contribution is 5.92. The molecule has 94 valence electrons. The average molecular weight is 240 g/mol. The third kappa shape index (κ3) is 2.08. The number of benzene rings is 1. The standard InChI is InChI=1S/C16H20N2/c1-2-4-13-11-12(7-9-17-13)14-5-3-6-16-15(14)8-10-18-16/h3,5-6,8,10-11,13,17-18H,2,4,7,9H2,1H3. The van der Waals surface area contributed by atoms with Gasteiger partial charge >= 0.3 is 0 Å². The lowest BCUT2D eigenvalue weighted by atomic mass is 9.93. The van der Waals surface area contributed by atoms with Gasteiger partial charge in [0.05, 0.1) is 0 Å². The molecule has 1 unspecified atom stereocenters. The molecule has 1 atom stereocenters. The van der Waals surface area contributed by atoms with Crippen molar-refractivity contribution in [2.45, 2.75) is 32.2 Å². The van der Waals surface area contributed by atoms with Gasteiger partial charge in [-0.1, -0.05) is 31.6 Å². The summed E-state index contributed by atoms with van der Waals surface area (Å²) in [5, 5.41) is 4.93. The number of rotatable bonds is 3. The number of H-pyrrole nitrogens is 1. The summed E-state index contributed by atoms with van der Waals surface area (Å²) in [5.41, 5.74) is 4.13. The molecule has 2 N–H and O–H groups in total. The van der Waals surface area contributed by atoms with Gasteiger partial charge in [-0.3, -0.25) is 0 Å². The Bertz CT molecular complexity index is 565. The minimum atomic E-state index is 0.549. The molecule has 1 aliphatic heterocycles. The number of fused-ring (bicyclic) bond motifs is 1. The fourth-order valence-corrected chi connectivity index (χ4v) is 2.86. The fourth-order valence-electron chi connectivity index (χ4n) is 2.86. The molecule has 0 bridgehead atoms. The zero-order chi connectivity index (χ0) is 12.4. The molecule has 0 radical (unpaired) electrons. The molecule has 1 aromatic carbocycles. The summed E-state index contributed by atoms with van der Waals surface area (Å²) >= 11 is 0. The molecule has 3 rings (SSSR count). The summed E-state index contributed by atoms with van der Waals surface area (Å²) < 4.78 is 0. The fraction of sp³-hybridized carbons (Fsp3) is 0.375. The molecule has 0 spiro atoms. The van der Waals surface area contributed by atoms with Crippen LogP contribution >= 0.6 is 0 Å². The van der Waals surface area contributed by atoms with Crippen molar-refractivity contribution in [3.63, 3.8) is 0 Å². The Balaban J connectivity index is 2.00. The Morgan fingerprint density at radius 2 is 2.22 bits per heavy atom. The van der Waals surface area contributed by atoms with Gasteiger partial charge in [-0.05, 0) is 42.7 Å². The van der Waals surface area contributed by atoms with E-state index in [-0.39, 0.29) is 0 Å². The second-order valence-electron chi connectivity index (χ2n) is 5.04. The van der Waals surface area contributed by atoms with E-state index in [9.17, 15) is 0 Å². The molecule has 0 saturated carbocycles. The van der Waals surface area contributed by atoms with Crippen LogP contribution in [0.15, 0.2) is 36.5 Å². The van der Waals surface area contributed by atoms with Crippen LogP contribution in [0.25, 0.3) is 16.5 Å². The number of aromatic nitrogens is 1. The first-order valence-electron chi connectivity index (χ1n) is 6.89. The van der Waals surface area contributed by atoms with Gasteiger partial charge < -0.3 is 10.3 Å². The van der Waals surface area contributed by atoms with Crippen molar-refractivity contribution < 1.29 is 0 Å². The van der Waals surface area contributed by atoms with Crippen LogP contribution in [-0.2, 0) is 0 Å². The van der Waals surface area contributed by atoms with Crippen molar-refractivity contribution in [3.05, 3.63) is 42.1 Å². The van der Waals surface area contributed by atoms with Crippen LogP contribution in [0.2, 0.25) is 0 Å². The molecule has 0 amide bonds. The van der Waals surface area contributed by atoms with Gasteiger partial charge in [0.1, 0.15) is 0 Å². The maximum absolute atomic E-state index is 3.58. The molecule has 0 fully saturated rings. The van der Waals surface area contributed by atoms with E-state index >= 15 is 0 Å². The molecule has 2 nitrogen and oxygen atoms in total. The number of hydrogen-bond acceptors (Lipinski definition) is 1. The highest BCUT2D eigenvalue weighted by Crippen LogP contribution is 2.28.